The van der Waals surface area contributed by atoms with E-state index in [0.717, 1.165) is 66.2 Å². The highest BCUT2D eigenvalue weighted by Gasteiger charge is 2.27. The van der Waals surface area contributed by atoms with Crippen molar-refractivity contribution in [1.29, 1.82) is 0 Å². The quantitative estimate of drug-likeness (QED) is 0.0550. The lowest BCUT2D eigenvalue weighted by Gasteiger charge is -2.17. The van der Waals surface area contributed by atoms with Gasteiger partial charge in [-0.05, 0) is 73.5 Å². The molecule has 13 N–H and O–H groups in total. The van der Waals surface area contributed by atoms with Gasteiger partial charge in [0.25, 0.3) is 23.6 Å². The Bertz CT molecular complexity index is 3030. The van der Waals surface area contributed by atoms with Crippen LogP contribution in [-0.4, -0.2) is 125 Å². The van der Waals surface area contributed by atoms with Crippen molar-refractivity contribution >= 4 is 80.3 Å². The molecule has 0 aliphatic heterocycles. The predicted molar refractivity (Wildman–Crippen MR) is 261 cm³/mol. The predicted octanol–water partition coefficient (Wildman–Crippen LogP) is 2.81. The van der Waals surface area contributed by atoms with Gasteiger partial charge in [0.1, 0.15) is 56.3 Å². The minimum Gasteiger partial charge on any atom is -0.508 e. The van der Waals surface area contributed by atoms with Gasteiger partial charge >= 0.3 is 11.9 Å². The number of carboxylic acid groups (broad SMARTS) is 1. The number of phenols is 6. The molecule has 0 fully saturated rings. The van der Waals surface area contributed by atoms with E-state index in [4.69, 9.17) is 4.74 Å². The van der Waals surface area contributed by atoms with E-state index >= 15 is 0 Å². The molecule has 0 spiro atoms. The summed E-state index contributed by atoms with van der Waals surface area (Å²) >= 11 is 1.74. The van der Waals surface area contributed by atoms with Crippen molar-refractivity contribution in [2.75, 3.05) is 30.8 Å². The highest BCUT2D eigenvalue weighted by molar-refractivity contribution is 7.18. The standard InChI is InChI=1S/C24H24N4O8S.C23H22N4O8S/c1-12-20(37-24(26-12)28-19(32)7-13-4-3-5-15(29)6-13)22(34)27-18(23(35)36-2)11-25-21(33)14-8-16(30)10-17(31)9-14;1-11-19(36-23(25-11)27-18(31)6-12-3-2-4-14(28)5-12)21(33)26-17(22(34)35)10-24-20(32)13-7-15(29)9-16(30)8-13/h3-6,8-10,18,29-31H,7,11H2,1-2H3,(H,25,33)(H,27,34)(H,26,28,32);2-5,7-9,17,28-30H,6,10H2,1H3,(H,24,32)(H,26,33)(H,34,35)(H,25,27,31)/t18-;17-/m00/s1. The van der Waals surface area contributed by atoms with Crippen LogP contribution in [0.3, 0.4) is 0 Å². The van der Waals surface area contributed by atoms with E-state index in [1.54, 1.807) is 31.2 Å². The zero-order valence-electron chi connectivity index (χ0n) is 38.6. The molecular formula is C47H46N8O16S2. The number of hydrogen-bond acceptors (Lipinski definition) is 19. The molecule has 0 unspecified atom stereocenters. The van der Waals surface area contributed by atoms with E-state index in [2.05, 4.69) is 41.9 Å². The molecule has 6 rings (SSSR count). The number of benzene rings is 4. The van der Waals surface area contributed by atoms with E-state index in [1.165, 1.54) is 31.2 Å². The number of methoxy groups -OCH3 is 1. The molecule has 26 heteroatoms. The van der Waals surface area contributed by atoms with E-state index in [9.17, 15) is 74.1 Å². The number of ether oxygens (including phenoxy) is 1. The van der Waals surface area contributed by atoms with Crippen LogP contribution in [0.25, 0.3) is 0 Å². The number of aliphatic carboxylic acids is 1. The van der Waals surface area contributed by atoms with Crippen LogP contribution in [0.1, 0.15) is 62.6 Å². The normalized spacial score (nSPS) is 11.3. The summed E-state index contributed by atoms with van der Waals surface area (Å²) in [6.45, 7) is 2.24. The second kappa shape index (κ2) is 25.0. The Hall–Kier alpha value is -9.30. The summed E-state index contributed by atoms with van der Waals surface area (Å²) < 4.78 is 4.71. The molecule has 0 bridgehead atoms. The van der Waals surface area contributed by atoms with Gasteiger partial charge < -0.3 is 72.4 Å². The molecule has 2 atom stereocenters. The SMILES string of the molecule is COC(=O)[C@H](CNC(=O)c1cc(O)cc(O)c1)NC(=O)c1sc(NC(=O)Cc2cccc(O)c2)nc1C.Cc1nc(NC(=O)Cc2cccc(O)c2)sc1C(=O)N[C@@H](CNC(=O)c1cc(O)cc(O)c1)C(=O)O. The lowest BCUT2D eigenvalue weighted by molar-refractivity contribution is -0.142. The van der Waals surface area contributed by atoms with Crippen molar-refractivity contribution in [2.24, 2.45) is 0 Å². The van der Waals surface area contributed by atoms with E-state index in [-0.39, 0.29) is 90.7 Å². The summed E-state index contributed by atoms with van der Waals surface area (Å²) in [7, 11) is 1.12. The first kappa shape index (κ1) is 54.6. The second-order valence-electron chi connectivity index (χ2n) is 15.5. The molecule has 2 heterocycles. The molecule has 0 aliphatic carbocycles. The number of nitrogens with one attached hydrogen (secondary N) is 6. The average Bonchev–Trinajstić information content (AvgIpc) is 3.87. The van der Waals surface area contributed by atoms with E-state index in [1.807, 2.05) is 0 Å². The topological polar surface area (TPSA) is 385 Å². The van der Waals surface area contributed by atoms with E-state index in [0.29, 0.717) is 16.8 Å². The number of nitrogens with zero attached hydrogens (tertiary/aromatic N) is 2. The zero-order valence-corrected chi connectivity index (χ0v) is 40.2. The Morgan fingerprint density at radius 2 is 0.918 bits per heavy atom. The summed E-state index contributed by atoms with van der Waals surface area (Å²) in [5.41, 5.74) is 1.56. The number of hydrogen-bond donors (Lipinski definition) is 13. The highest BCUT2D eigenvalue weighted by atomic mass is 32.1. The molecule has 0 saturated heterocycles. The summed E-state index contributed by atoms with van der Waals surface area (Å²) in [5, 5.41) is 81.5. The van der Waals surface area contributed by atoms with Gasteiger partial charge in [-0.15, -0.1) is 0 Å². The Balaban J connectivity index is 0.000000271. The number of carboxylic acids is 1. The molecule has 382 valence electrons. The Kier molecular flexibility index (Phi) is 18.7. The van der Waals surface area contributed by atoms with Gasteiger partial charge in [-0.1, -0.05) is 46.9 Å². The maximum absolute atomic E-state index is 12.9. The van der Waals surface area contributed by atoms with Crippen molar-refractivity contribution in [3.8, 4) is 34.5 Å². The highest BCUT2D eigenvalue weighted by Crippen LogP contribution is 2.26. The largest absolute Gasteiger partial charge is 0.508 e. The van der Waals surface area contributed by atoms with Gasteiger partial charge in [-0.2, -0.15) is 0 Å². The van der Waals surface area contributed by atoms with Crippen LogP contribution in [-0.2, 0) is 36.8 Å². The average molecular weight is 1040 g/mol. The van der Waals surface area contributed by atoms with Crippen molar-refractivity contribution in [3.05, 3.63) is 128 Å². The fourth-order valence-corrected chi connectivity index (χ4v) is 8.15. The number of aryl methyl sites for hydroxylation is 2. The molecule has 73 heavy (non-hydrogen) atoms. The molecule has 0 aliphatic rings. The third-order valence-corrected chi connectivity index (χ3v) is 11.8. The number of anilines is 2. The van der Waals surface area contributed by atoms with Gasteiger partial charge in [0.15, 0.2) is 10.3 Å². The van der Waals surface area contributed by atoms with Crippen LogP contribution in [0.4, 0.5) is 10.3 Å². The number of carbonyl (C=O) groups is 8. The van der Waals surface area contributed by atoms with Gasteiger partial charge in [0.05, 0.1) is 31.3 Å². The zero-order chi connectivity index (χ0) is 53.5. The smallest absolute Gasteiger partial charge is 0.330 e. The number of aromatic hydroxyl groups is 6. The Labute approximate surface area is 421 Å². The number of thiazole rings is 2. The van der Waals surface area contributed by atoms with Crippen LogP contribution >= 0.6 is 22.7 Å². The lowest BCUT2D eigenvalue weighted by Crippen LogP contribution is -2.49. The van der Waals surface area contributed by atoms with Crippen LogP contribution in [0.5, 0.6) is 34.5 Å². The maximum Gasteiger partial charge on any atom is 0.330 e. The van der Waals surface area contributed by atoms with Crippen LogP contribution in [0.2, 0.25) is 0 Å². The van der Waals surface area contributed by atoms with Gasteiger partial charge in [-0.25, -0.2) is 19.6 Å². The first-order valence-corrected chi connectivity index (χ1v) is 22.9. The Morgan fingerprint density at radius 3 is 1.29 bits per heavy atom. The number of rotatable bonds is 18. The second-order valence-corrected chi connectivity index (χ2v) is 17.5. The van der Waals surface area contributed by atoms with Crippen molar-refractivity contribution in [1.82, 2.24) is 31.2 Å². The molecule has 4 aromatic carbocycles. The van der Waals surface area contributed by atoms with Crippen LogP contribution in [0, 0.1) is 13.8 Å². The fraction of sp³-hybridized carbons (Fsp3) is 0.191. The number of carbonyl (C=O) groups excluding carboxylic acids is 7. The molecule has 6 amide bonds. The van der Waals surface area contributed by atoms with Crippen molar-refractivity contribution in [3.63, 3.8) is 0 Å². The fourth-order valence-electron chi connectivity index (χ4n) is 6.38. The summed E-state index contributed by atoms with van der Waals surface area (Å²) in [6, 6.07) is 16.1. The molecule has 0 saturated carbocycles. The third kappa shape index (κ3) is 16.4. The first-order chi connectivity index (χ1) is 34.6. The Morgan fingerprint density at radius 1 is 0.534 bits per heavy atom. The molecular weight excluding hydrogens is 997 g/mol. The van der Waals surface area contributed by atoms with Crippen molar-refractivity contribution in [2.45, 2.75) is 38.8 Å². The van der Waals surface area contributed by atoms with E-state index < -0.39 is 66.0 Å². The monoisotopic (exact) mass is 1040 g/mol. The van der Waals surface area contributed by atoms with Crippen LogP contribution in [0.15, 0.2) is 84.9 Å². The summed E-state index contributed by atoms with van der Waals surface area (Å²) in [5.74, 6) is -7.29. The number of esters is 1. The lowest BCUT2D eigenvalue weighted by atomic mass is 10.1. The molecule has 2 aromatic heterocycles. The van der Waals surface area contributed by atoms with Gasteiger partial charge in [0.2, 0.25) is 11.8 Å². The van der Waals surface area contributed by atoms with Gasteiger partial charge in [-0.3, -0.25) is 28.8 Å². The minimum absolute atomic E-state index is 0.0182. The van der Waals surface area contributed by atoms with Crippen LogP contribution < -0.4 is 31.9 Å². The number of aromatic nitrogens is 2. The van der Waals surface area contributed by atoms with Gasteiger partial charge in [0, 0.05) is 36.3 Å². The molecule has 0 radical (unpaired) electrons. The minimum atomic E-state index is -1.50. The summed E-state index contributed by atoms with van der Waals surface area (Å²) in [6.07, 6.45) is -0.0536. The first-order valence-electron chi connectivity index (χ1n) is 21.2. The maximum atomic E-state index is 12.9. The third-order valence-electron chi connectivity index (χ3n) is 9.71. The summed E-state index contributed by atoms with van der Waals surface area (Å²) in [4.78, 5) is 107. The molecule has 6 aromatic rings. The van der Waals surface area contributed by atoms with Crippen molar-refractivity contribution < 1.29 is 78.8 Å². The number of phenolic OH excluding ortho intramolecular Hbond substituents is 6. The number of amides is 6. The molecule has 24 nitrogen and oxygen atoms in total.